The molecule has 2 rings (SSSR count). The molecule has 29 heavy (non-hydrogen) atoms. The molecule has 2 aromatic rings. The Bertz CT molecular complexity index is 913. The van der Waals surface area contributed by atoms with Gasteiger partial charge in [0.05, 0.1) is 37.0 Å². The molecule has 0 radical (unpaired) electrons. The van der Waals surface area contributed by atoms with Gasteiger partial charge in [-0.15, -0.1) is 0 Å². The average Bonchev–Trinajstić information content (AvgIpc) is 2.72. The SMILES string of the molecule is CCOc1ccc(C(=O)OCC(=O)Nc2cc([N+](=O)[O-])ccc2OC)cc1OC. The van der Waals surface area contributed by atoms with Crippen LogP contribution in [0.15, 0.2) is 36.4 Å². The molecule has 0 unspecified atom stereocenters. The lowest BCUT2D eigenvalue weighted by atomic mass is 10.2. The van der Waals surface area contributed by atoms with Crippen molar-refractivity contribution in [3.8, 4) is 17.2 Å². The lowest BCUT2D eigenvalue weighted by molar-refractivity contribution is -0.384. The number of anilines is 1. The number of carbonyl (C=O) groups excluding carboxylic acids is 2. The Morgan fingerprint density at radius 2 is 1.72 bits per heavy atom. The molecule has 0 spiro atoms. The van der Waals surface area contributed by atoms with Crippen molar-refractivity contribution in [3.05, 3.63) is 52.1 Å². The summed E-state index contributed by atoms with van der Waals surface area (Å²) in [5.41, 5.74) is 0.0381. The van der Waals surface area contributed by atoms with E-state index in [1.165, 1.54) is 38.5 Å². The van der Waals surface area contributed by atoms with Gasteiger partial charge in [0.25, 0.3) is 11.6 Å². The van der Waals surface area contributed by atoms with Crippen molar-refractivity contribution < 1.29 is 33.5 Å². The number of ether oxygens (including phenoxy) is 4. The summed E-state index contributed by atoms with van der Waals surface area (Å²) in [5.74, 6) is -0.372. The third kappa shape index (κ3) is 5.58. The molecule has 1 N–H and O–H groups in total. The van der Waals surface area contributed by atoms with E-state index in [2.05, 4.69) is 5.32 Å². The standard InChI is InChI=1S/C19H20N2O8/c1-4-28-16-7-5-12(9-17(16)27-3)19(23)29-11-18(22)20-14-10-13(21(24)25)6-8-15(14)26-2/h5-10H,4,11H2,1-3H3,(H,20,22). The highest BCUT2D eigenvalue weighted by Crippen LogP contribution is 2.29. The number of carbonyl (C=O) groups is 2. The predicted molar refractivity (Wildman–Crippen MR) is 103 cm³/mol. The van der Waals surface area contributed by atoms with E-state index in [9.17, 15) is 19.7 Å². The van der Waals surface area contributed by atoms with E-state index in [1.807, 2.05) is 6.92 Å². The summed E-state index contributed by atoms with van der Waals surface area (Å²) in [5, 5.41) is 13.3. The van der Waals surface area contributed by atoms with Crippen LogP contribution in [0.1, 0.15) is 17.3 Å². The maximum absolute atomic E-state index is 12.2. The van der Waals surface area contributed by atoms with Gasteiger partial charge in [0, 0.05) is 12.1 Å². The molecule has 0 bridgehead atoms. The summed E-state index contributed by atoms with van der Waals surface area (Å²) in [7, 11) is 2.79. The number of non-ortho nitro benzene ring substituents is 1. The van der Waals surface area contributed by atoms with E-state index in [0.29, 0.717) is 18.1 Å². The van der Waals surface area contributed by atoms with Crippen molar-refractivity contribution in [3.63, 3.8) is 0 Å². The van der Waals surface area contributed by atoms with Crippen molar-refractivity contribution in [1.29, 1.82) is 0 Å². The molecule has 154 valence electrons. The van der Waals surface area contributed by atoms with Crippen LogP contribution in [-0.2, 0) is 9.53 Å². The quantitative estimate of drug-likeness (QED) is 0.384. The highest BCUT2D eigenvalue weighted by molar-refractivity contribution is 5.96. The number of benzene rings is 2. The number of amides is 1. The van der Waals surface area contributed by atoms with Crippen LogP contribution in [0.25, 0.3) is 0 Å². The van der Waals surface area contributed by atoms with Gasteiger partial charge in [-0.25, -0.2) is 4.79 Å². The number of hydrogen-bond acceptors (Lipinski definition) is 8. The smallest absolute Gasteiger partial charge is 0.338 e. The Kier molecular flexibility index (Phi) is 7.35. The molecule has 0 aliphatic heterocycles. The first-order chi connectivity index (χ1) is 13.9. The molecule has 0 atom stereocenters. The van der Waals surface area contributed by atoms with Gasteiger partial charge in [-0.3, -0.25) is 14.9 Å². The van der Waals surface area contributed by atoms with E-state index in [4.69, 9.17) is 18.9 Å². The van der Waals surface area contributed by atoms with Gasteiger partial charge in [-0.05, 0) is 31.2 Å². The Morgan fingerprint density at radius 3 is 2.34 bits per heavy atom. The second-order valence-electron chi connectivity index (χ2n) is 5.56. The van der Waals surface area contributed by atoms with Crippen LogP contribution >= 0.6 is 0 Å². The number of esters is 1. The zero-order chi connectivity index (χ0) is 21.4. The molecular formula is C19H20N2O8. The molecule has 2 aromatic carbocycles. The molecule has 0 saturated heterocycles. The van der Waals surface area contributed by atoms with E-state index < -0.39 is 23.4 Å². The van der Waals surface area contributed by atoms with Crippen LogP contribution in [0, 0.1) is 10.1 Å². The topological polar surface area (TPSA) is 126 Å². The predicted octanol–water partition coefficient (Wildman–Crippen LogP) is 2.81. The number of nitro groups is 1. The van der Waals surface area contributed by atoms with Gasteiger partial charge in [-0.2, -0.15) is 0 Å². The Morgan fingerprint density at radius 1 is 1.03 bits per heavy atom. The zero-order valence-electron chi connectivity index (χ0n) is 16.1. The van der Waals surface area contributed by atoms with Crippen molar-refractivity contribution in [2.24, 2.45) is 0 Å². The summed E-state index contributed by atoms with van der Waals surface area (Å²) in [4.78, 5) is 34.6. The van der Waals surface area contributed by atoms with E-state index >= 15 is 0 Å². The fourth-order valence-corrected chi connectivity index (χ4v) is 2.38. The first-order valence-corrected chi connectivity index (χ1v) is 8.49. The van der Waals surface area contributed by atoms with Crippen LogP contribution in [0.3, 0.4) is 0 Å². The third-order valence-electron chi connectivity index (χ3n) is 3.70. The van der Waals surface area contributed by atoms with Crippen LogP contribution in [-0.4, -0.2) is 44.2 Å². The van der Waals surface area contributed by atoms with Crippen LogP contribution < -0.4 is 19.5 Å². The van der Waals surface area contributed by atoms with Crippen molar-refractivity contribution in [2.45, 2.75) is 6.92 Å². The number of methoxy groups -OCH3 is 2. The lowest BCUT2D eigenvalue weighted by Gasteiger charge is -2.12. The summed E-state index contributed by atoms with van der Waals surface area (Å²) in [6.45, 7) is 1.65. The number of nitrogens with one attached hydrogen (secondary N) is 1. The molecule has 0 aromatic heterocycles. The molecule has 0 heterocycles. The van der Waals surface area contributed by atoms with Crippen LogP contribution in [0.4, 0.5) is 11.4 Å². The van der Waals surface area contributed by atoms with Crippen molar-refractivity contribution in [2.75, 3.05) is 32.8 Å². The second-order valence-corrected chi connectivity index (χ2v) is 5.56. The number of hydrogen-bond donors (Lipinski definition) is 1. The maximum atomic E-state index is 12.2. The minimum atomic E-state index is -0.743. The molecule has 10 nitrogen and oxygen atoms in total. The summed E-state index contributed by atoms with van der Waals surface area (Å²) in [6, 6.07) is 8.23. The molecule has 0 aliphatic rings. The highest BCUT2D eigenvalue weighted by Gasteiger charge is 2.16. The lowest BCUT2D eigenvalue weighted by Crippen LogP contribution is -2.21. The van der Waals surface area contributed by atoms with Gasteiger partial charge >= 0.3 is 5.97 Å². The summed E-state index contributed by atoms with van der Waals surface area (Å²) >= 11 is 0. The normalized spacial score (nSPS) is 10.0. The average molecular weight is 404 g/mol. The molecule has 10 heteroatoms. The molecule has 0 fully saturated rings. The Hall–Kier alpha value is -3.82. The van der Waals surface area contributed by atoms with Gasteiger partial charge in [-0.1, -0.05) is 0 Å². The van der Waals surface area contributed by atoms with Crippen LogP contribution in [0.5, 0.6) is 17.2 Å². The first kappa shape index (κ1) is 21.5. The van der Waals surface area contributed by atoms with Crippen LogP contribution in [0.2, 0.25) is 0 Å². The van der Waals surface area contributed by atoms with E-state index in [0.717, 1.165) is 6.07 Å². The minimum absolute atomic E-state index is 0.0884. The van der Waals surface area contributed by atoms with E-state index in [1.54, 1.807) is 6.07 Å². The van der Waals surface area contributed by atoms with Gasteiger partial charge < -0.3 is 24.3 Å². The first-order valence-electron chi connectivity index (χ1n) is 8.49. The summed E-state index contributed by atoms with van der Waals surface area (Å²) < 4.78 is 20.6. The maximum Gasteiger partial charge on any atom is 0.338 e. The number of nitro benzene ring substituents is 1. The monoisotopic (exact) mass is 404 g/mol. The highest BCUT2D eigenvalue weighted by atomic mass is 16.6. The van der Waals surface area contributed by atoms with Gasteiger partial charge in [0.15, 0.2) is 18.1 Å². The molecule has 1 amide bonds. The summed E-state index contributed by atoms with van der Waals surface area (Å²) in [6.07, 6.45) is 0. The minimum Gasteiger partial charge on any atom is -0.495 e. The second kappa shape index (κ2) is 9.93. The molecule has 0 saturated carbocycles. The van der Waals surface area contributed by atoms with Crippen molar-refractivity contribution >= 4 is 23.3 Å². The number of rotatable bonds is 9. The fourth-order valence-electron chi connectivity index (χ4n) is 2.38. The largest absolute Gasteiger partial charge is 0.495 e. The zero-order valence-corrected chi connectivity index (χ0v) is 16.1. The number of nitrogens with zero attached hydrogens (tertiary/aromatic N) is 1. The fraction of sp³-hybridized carbons (Fsp3) is 0.263. The van der Waals surface area contributed by atoms with Gasteiger partial charge in [0.2, 0.25) is 0 Å². The molecular weight excluding hydrogens is 384 g/mol. The molecule has 0 aliphatic carbocycles. The Labute approximate surface area is 166 Å². The Balaban J connectivity index is 2.03. The van der Waals surface area contributed by atoms with E-state index in [-0.39, 0.29) is 22.7 Å². The van der Waals surface area contributed by atoms with Gasteiger partial charge in [0.1, 0.15) is 5.75 Å². The van der Waals surface area contributed by atoms with Crippen molar-refractivity contribution in [1.82, 2.24) is 0 Å². The third-order valence-corrected chi connectivity index (χ3v) is 3.70.